The van der Waals surface area contributed by atoms with Gasteiger partial charge in [-0.05, 0) is 80.3 Å². The fraction of sp³-hybridized carbons (Fsp3) is 0.0588. The standard InChI is InChI=1S/C17H11Br2ClN2O2/c1-9-14(20)3-2-4-15(9)22-17(24)11(8-21)5-10-6-12(18)16(23)13(19)7-10/h2-7,23H,1H3,(H,22,24)/b11-5+. The van der Waals surface area contributed by atoms with Gasteiger partial charge in [0.05, 0.1) is 8.95 Å². The first kappa shape index (κ1) is 18.5. The van der Waals surface area contributed by atoms with Crippen LogP contribution in [0, 0.1) is 18.3 Å². The molecule has 0 aromatic heterocycles. The molecule has 0 bridgehead atoms. The van der Waals surface area contributed by atoms with E-state index in [1.807, 2.05) is 6.07 Å². The summed E-state index contributed by atoms with van der Waals surface area (Å²) in [5.74, 6) is -0.493. The molecular weight excluding hydrogens is 459 g/mol. The second kappa shape index (κ2) is 7.84. The molecule has 0 saturated carbocycles. The van der Waals surface area contributed by atoms with Crippen molar-refractivity contribution in [2.75, 3.05) is 5.32 Å². The third-order valence-electron chi connectivity index (χ3n) is 3.23. The maximum absolute atomic E-state index is 12.3. The second-order valence-electron chi connectivity index (χ2n) is 4.87. The summed E-state index contributed by atoms with van der Waals surface area (Å²) in [4.78, 5) is 12.3. The summed E-state index contributed by atoms with van der Waals surface area (Å²) >= 11 is 12.4. The van der Waals surface area contributed by atoms with Gasteiger partial charge in [0.1, 0.15) is 17.4 Å². The van der Waals surface area contributed by atoms with Crippen molar-refractivity contribution in [3.05, 3.63) is 61.0 Å². The molecular formula is C17H11Br2ClN2O2. The van der Waals surface area contributed by atoms with Gasteiger partial charge in [-0.25, -0.2) is 0 Å². The number of hydrogen-bond donors (Lipinski definition) is 2. The molecule has 0 saturated heterocycles. The summed E-state index contributed by atoms with van der Waals surface area (Å²) in [6.07, 6.45) is 1.43. The average Bonchev–Trinajstić information content (AvgIpc) is 2.54. The van der Waals surface area contributed by atoms with Gasteiger partial charge in [0.2, 0.25) is 0 Å². The van der Waals surface area contributed by atoms with E-state index in [9.17, 15) is 15.2 Å². The van der Waals surface area contributed by atoms with Gasteiger partial charge in [-0.15, -0.1) is 0 Å². The zero-order chi connectivity index (χ0) is 17.9. The van der Waals surface area contributed by atoms with E-state index < -0.39 is 5.91 Å². The Hall–Kier alpha value is -1.81. The summed E-state index contributed by atoms with van der Waals surface area (Å²) in [6.45, 7) is 1.78. The number of rotatable bonds is 3. The van der Waals surface area contributed by atoms with Gasteiger partial charge >= 0.3 is 0 Å². The Morgan fingerprint density at radius 3 is 2.54 bits per heavy atom. The summed E-state index contributed by atoms with van der Waals surface area (Å²) in [5.41, 5.74) is 1.78. The maximum atomic E-state index is 12.3. The molecule has 4 nitrogen and oxygen atoms in total. The first-order valence-corrected chi connectivity index (χ1v) is 8.66. The molecule has 122 valence electrons. The third kappa shape index (κ3) is 4.18. The van der Waals surface area contributed by atoms with Gasteiger partial charge in [0.25, 0.3) is 5.91 Å². The minimum absolute atomic E-state index is 0.0460. The number of aromatic hydroxyl groups is 1. The largest absolute Gasteiger partial charge is 0.506 e. The predicted molar refractivity (Wildman–Crippen MR) is 102 cm³/mol. The first-order chi connectivity index (χ1) is 11.3. The number of carbonyl (C=O) groups is 1. The van der Waals surface area contributed by atoms with Crippen molar-refractivity contribution >= 4 is 61.1 Å². The fourth-order valence-electron chi connectivity index (χ4n) is 1.92. The average molecular weight is 471 g/mol. The SMILES string of the molecule is Cc1c(Cl)cccc1NC(=O)/C(C#N)=C/c1cc(Br)c(O)c(Br)c1. The molecule has 0 aliphatic rings. The van der Waals surface area contributed by atoms with Gasteiger partial charge in [0.15, 0.2) is 0 Å². The Morgan fingerprint density at radius 1 is 1.33 bits per heavy atom. The van der Waals surface area contributed by atoms with Crippen LogP contribution in [0.15, 0.2) is 44.9 Å². The summed E-state index contributed by atoms with van der Waals surface area (Å²) in [7, 11) is 0. The van der Waals surface area contributed by atoms with Gasteiger partial charge < -0.3 is 10.4 Å². The van der Waals surface area contributed by atoms with Gasteiger partial charge in [-0.1, -0.05) is 17.7 Å². The quantitative estimate of drug-likeness (QED) is 0.464. The molecule has 2 rings (SSSR count). The molecule has 0 radical (unpaired) electrons. The lowest BCUT2D eigenvalue weighted by molar-refractivity contribution is -0.112. The fourth-order valence-corrected chi connectivity index (χ4v) is 3.31. The van der Waals surface area contributed by atoms with Gasteiger partial charge in [0, 0.05) is 10.7 Å². The highest BCUT2D eigenvalue weighted by molar-refractivity contribution is 9.11. The molecule has 1 amide bonds. The molecule has 24 heavy (non-hydrogen) atoms. The maximum Gasteiger partial charge on any atom is 0.266 e. The zero-order valence-corrected chi connectivity index (χ0v) is 16.3. The number of nitrogens with one attached hydrogen (secondary N) is 1. The molecule has 2 aromatic rings. The van der Waals surface area contributed by atoms with E-state index in [4.69, 9.17) is 11.6 Å². The van der Waals surface area contributed by atoms with Crippen LogP contribution < -0.4 is 5.32 Å². The van der Waals surface area contributed by atoms with Crippen molar-refractivity contribution < 1.29 is 9.90 Å². The number of anilines is 1. The number of phenolic OH excluding ortho intramolecular Hbond substituents is 1. The molecule has 2 N–H and O–H groups in total. The summed E-state index contributed by atoms with van der Waals surface area (Å²) in [5, 5.41) is 22.2. The number of nitrogens with zero attached hydrogens (tertiary/aromatic N) is 1. The second-order valence-corrected chi connectivity index (χ2v) is 6.99. The van der Waals surface area contributed by atoms with Crippen LogP contribution in [0.5, 0.6) is 5.75 Å². The molecule has 0 heterocycles. The van der Waals surface area contributed by atoms with Crippen molar-refractivity contribution in [2.24, 2.45) is 0 Å². The Kier molecular flexibility index (Phi) is 6.05. The van der Waals surface area contributed by atoms with Gasteiger partial charge in [-0.2, -0.15) is 5.26 Å². The predicted octanol–water partition coefficient (Wildman–Crippen LogP) is 5.42. The minimum atomic E-state index is -0.539. The number of benzene rings is 2. The molecule has 0 atom stereocenters. The molecule has 0 aliphatic carbocycles. The van der Waals surface area contributed by atoms with E-state index in [1.165, 1.54) is 6.08 Å². The van der Waals surface area contributed by atoms with Crippen LogP contribution in [0.4, 0.5) is 5.69 Å². The van der Waals surface area contributed by atoms with E-state index in [2.05, 4.69) is 37.2 Å². The molecule has 0 unspecified atom stereocenters. The van der Waals surface area contributed by atoms with Crippen LogP contribution in [-0.4, -0.2) is 11.0 Å². The number of halogens is 3. The Morgan fingerprint density at radius 2 is 1.96 bits per heavy atom. The van der Waals surface area contributed by atoms with Crippen molar-refractivity contribution in [3.8, 4) is 11.8 Å². The van der Waals surface area contributed by atoms with Crippen LogP contribution in [0.3, 0.4) is 0 Å². The molecule has 7 heteroatoms. The minimum Gasteiger partial charge on any atom is -0.506 e. The Bertz CT molecular complexity index is 866. The van der Waals surface area contributed by atoms with Crippen LogP contribution >= 0.6 is 43.5 Å². The molecule has 0 spiro atoms. The van der Waals surface area contributed by atoms with E-state index in [1.54, 1.807) is 37.3 Å². The number of hydrogen-bond acceptors (Lipinski definition) is 3. The van der Waals surface area contributed by atoms with Gasteiger partial charge in [-0.3, -0.25) is 4.79 Å². The molecule has 0 fully saturated rings. The van der Waals surface area contributed by atoms with Crippen LogP contribution in [0.25, 0.3) is 6.08 Å². The Labute approximate surface area is 161 Å². The normalized spacial score (nSPS) is 11.0. The number of carbonyl (C=O) groups excluding carboxylic acids is 1. The number of phenols is 1. The van der Waals surface area contributed by atoms with Crippen molar-refractivity contribution in [1.82, 2.24) is 0 Å². The smallest absolute Gasteiger partial charge is 0.266 e. The highest BCUT2D eigenvalue weighted by atomic mass is 79.9. The molecule has 0 aliphatic heterocycles. The zero-order valence-electron chi connectivity index (χ0n) is 12.4. The highest BCUT2D eigenvalue weighted by Gasteiger charge is 2.13. The van der Waals surface area contributed by atoms with Crippen molar-refractivity contribution in [2.45, 2.75) is 6.92 Å². The van der Waals surface area contributed by atoms with Crippen LogP contribution in [0.2, 0.25) is 5.02 Å². The van der Waals surface area contributed by atoms with Crippen LogP contribution in [0.1, 0.15) is 11.1 Å². The summed E-state index contributed by atoms with van der Waals surface area (Å²) < 4.78 is 0.901. The van der Waals surface area contributed by atoms with E-state index in [-0.39, 0.29) is 11.3 Å². The third-order valence-corrected chi connectivity index (χ3v) is 4.85. The highest BCUT2D eigenvalue weighted by Crippen LogP contribution is 2.34. The molecule has 2 aromatic carbocycles. The van der Waals surface area contributed by atoms with E-state index >= 15 is 0 Å². The van der Waals surface area contributed by atoms with E-state index in [0.29, 0.717) is 25.2 Å². The number of amides is 1. The topological polar surface area (TPSA) is 73.1 Å². The van der Waals surface area contributed by atoms with Crippen molar-refractivity contribution in [3.63, 3.8) is 0 Å². The van der Waals surface area contributed by atoms with E-state index in [0.717, 1.165) is 5.56 Å². The number of nitriles is 1. The Balaban J connectivity index is 2.33. The van der Waals surface area contributed by atoms with Crippen LogP contribution in [-0.2, 0) is 4.79 Å². The lowest BCUT2D eigenvalue weighted by atomic mass is 10.1. The lowest BCUT2D eigenvalue weighted by Crippen LogP contribution is -2.14. The lowest BCUT2D eigenvalue weighted by Gasteiger charge is -2.09. The summed E-state index contributed by atoms with van der Waals surface area (Å²) in [6, 6.07) is 10.2. The monoisotopic (exact) mass is 468 g/mol. The van der Waals surface area contributed by atoms with Crippen molar-refractivity contribution in [1.29, 1.82) is 5.26 Å². The first-order valence-electron chi connectivity index (χ1n) is 6.69.